The number of hydrogen-bond donors (Lipinski definition) is 1. The summed E-state index contributed by atoms with van der Waals surface area (Å²) in [4.78, 5) is 14.0. The SMILES string of the molecule is Cc1csc(SCC(F)(F)C(=O)O)n1. The van der Waals surface area contributed by atoms with Gasteiger partial charge in [0.25, 0.3) is 0 Å². The van der Waals surface area contributed by atoms with Crippen LogP contribution in [-0.4, -0.2) is 27.7 Å². The van der Waals surface area contributed by atoms with Crippen molar-refractivity contribution >= 4 is 29.1 Å². The summed E-state index contributed by atoms with van der Waals surface area (Å²) in [7, 11) is 0. The molecule has 0 aliphatic carbocycles. The molecule has 3 nitrogen and oxygen atoms in total. The van der Waals surface area contributed by atoms with E-state index in [-0.39, 0.29) is 0 Å². The first kappa shape index (κ1) is 11.4. The Morgan fingerprint density at radius 1 is 1.79 bits per heavy atom. The van der Waals surface area contributed by atoms with Gasteiger partial charge in [-0.05, 0) is 6.92 Å². The second-order valence-corrected chi connectivity index (χ2v) is 4.63. The maximum atomic E-state index is 12.6. The predicted molar refractivity (Wildman–Crippen MR) is 50.2 cm³/mol. The fourth-order valence-corrected chi connectivity index (χ4v) is 2.36. The van der Waals surface area contributed by atoms with E-state index in [0.717, 1.165) is 17.5 Å². The molecule has 0 saturated heterocycles. The number of carboxylic acid groups (broad SMARTS) is 1. The second kappa shape index (κ2) is 4.22. The van der Waals surface area contributed by atoms with E-state index in [1.54, 1.807) is 12.3 Å². The molecule has 1 aromatic heterocycles. The number of aliphatic carboxylic acids is 1. The summed E-state index contributed by atoms with van der Waals surface area (Å²) in [6.07, 6.45) is 0. The fourth-order valence-electron chi connectivity index (χ4n) is 0.613. The Labute approximate surface area is 87.2 Å². The molecule has 1 N–H and O–H groups in total. The quantitative estimate of drug-likeness (QED) is 0.819. The zero-order valence-electron chi connectivity index (χ0n) is 7.16. The topological polar surface area (TPSA) is 50.2 Å². The van der Waals surface area contributed by atoms with Gasteiger partial charge in [-0.3, -0.25) is 0 Å². The first-order chi connectivity index (χ1) is 6.42. The third-order valence-corrected chi connectivity index (χ3v) is 3.53. The van der Waals surface area contributed by atoms with E-state index >= 15 is 0 Å². The predicted octanol–water partition coefficient (Wildman–Crippen LogP) is 2.26. The zero-order valence-corrected chi connectivity index (χ0v) is 8.79. The molecule has 0 fully saturated rings. The van der Waals surface area contributed by atoms with Gasteiger partial charge >= 0.3 is 11.9 Å². The van der Waals surface area contributed by atoms with Crippen LogP contribution < -0.4 is 0 Å². The first-order valence-corrected chi connectivity index (χ1v) is 5.44. The lowest BCUT2D eigenvalue weighted by Crippen LogP contribution is -2.30. The standard InChI is InChI=1S/C7H7F2NO2S2/c1-4-2-13-6(10-4)14-3-7(8,9)5(11)12/h2H,3H2,1H3,(H,11,12). The van der Waals surface area contributed by atoms with E-state index in [0.29, 0.717) is 4.34 Å². The van der Waals surface area contributed by atoms with Gasteiger partial charge in [-0.1, -0.05) is 11.8 Å². The van der Waals surface area contributed by atoms with Crippen LogP contribution in [0.4, 0.5) is 8.78 Å². The molecule has 1 heterocycles. The number of hydrogen-bond acceptors (Lipinski definition) is 4. The third kappa shape index (κ3) is 2.91. The Balaban J connectivity index is 2.52. The summed E-state index contributed by atoms with van der Waals surface area (Å²) in [6, 6.07) is 0. The summed E-state index contributed by atoms with van der Waals surface area (Å²) in [5.41, 5.74) is 0.746. The molecule has 1 aromatic rings. The Kier molecular flexibility index (Phi) is 3.43. The van der Waals surface area contributed by atoms with Crippen molar-refractivity contribution in [1.82, 2.24) is 4.98 Å². The molecule has 0 aromatic carbocycles. The number of aromatic nitrogens is 1. The van der Waals surface area contributed by atoms with Crippen molar-refractivity contribution in [3.63, 3.8) is 0 Å². The van der Waals surface area contributed by atoms with Crippen molar-refractivity contribution in [2.75, 3.05) is 5.75 Å². The molecule has 0 bridgehead atoms. The summed E-state index contributed by atoms with van der Waals surface area (Å²) >= 11 is 1.98. The summed E-state index contributed by atoms with van der Waals surface area (Å²) in [6.45, 7) is 1.75. The minimum Gasteiger partial charge on any atom is -0.477 e. The molecular formula is C7H7F2NO2S2. The Bertz CT molecular complexity index is 340. The van der Waals surface area contributed by atoms with Gasteiger partial charge < -0.3 is 5.11 Å². The van der Waals surface area contributed by atoms with Crippen LogP contribution in [0.25, 0.3) is 0 Å². The lowest BCUT2D eigenvalue weighted by atomic mass is 10.4. The minimum atomic E-state index is -3.69. The van der Waals surface area contributed by atoms with Crippen molar-refractivity contribution in [3.05, 3.63) is 11.1 Å². The van der Waals surface area contributed by atoms with Crippen LogP contribution in [0.3, 0.4) is 0 Å². The Morgan fingerprint density at radius 2 is 2.43 bits per heavy atom. The average Bonchev–Trinajstić information content (AvgIpc) is 2.48. The van der Waals surface area contributed by atoms with Gasteiger partial charge in [-0.25, -0.2) is 9.78 Å². The van der Waals surface area contributed by atoms with Crippen LogP contribution in [0, 0.1) is 6.92 Å². The van der Waals surface area contributed by atoms with E-state index in [9.17, 15) is 13.6 Å². The number of nitrogens with zero attached hydrogens (tertiary/aromatic N) is 1. The molecule has 0 amide bonds. The lowest BCUT2D eigenvalue weighted by molar-refractivity contribution is -0.161. The molecular weight excluding hydrogens is 232 g/mol. The van der Waals surface area contributed by atoms with Gasteiger partial charge in [0.15, 0.2) is 0 Å². The number of carboxylic acids is 1. The molecule has 0 aliphatic heterocycles. The minimum absolute atomic E-state index is 0.462. The summed E-state index contributed by atoms with van der Waals surface area (Å²) in [5.74, 6) is -6.57. The molecule has 0 atom stereocenters. The molecule has 78 valence electrons. The van der Waals surface area contributed by atoms with Crippen LogP contribution in [-0.2, 0) is 4.79 Å². The van der Waals surface area contributed by atoms with E-state index in [1.165, 1.54) is 11.3 Å². The monoisotopic (exact) mass is 239 g/mol. The van der Waals surface area contributed by atoms with Gasteiger partial charge in [0, 0.05) is 11.1 Å². The molecule has 0 aliphatic rings. The van der Waals surface area contributed by atoms with E-state index in [1.807, 2.05) is 0 Å². The number of alkyl halides is 2. The maximum absolute atomic E-state index is 12.6. The van der Waals surface area contributed by atoms with Gasteiger partial charge in [0.05, 0.1) is 5.75 Å². The lowest BCUT2D eigenvalue weighted by Gasteiger charge is -2.08. The van der Waals surface area contributed by atoms with Crippen molar-refractivity contribution < 1.29 is 18.7 Å². The number of rotatable bonds is 4. The fraction of sp³-hybridized carbons (Fsp3) is 0.429. The molecule has 1 rings (SSSR count). The highest BCUT2D eigenvalue weighted by atomic mass is 32.2. The number of carbonyl (C=O) groups is 1. The van der Waals surface area contributed by atoms with Crippen molar-refractivity contribution in [2.45, 2.75) is 17.2 Å². The van der Waals surface area contributed by atoms with Crippen LogP contribution in [0.15, 0.2) is 9.72 Å². The number of aryl methyl sites for hydroxylation is 1. The van der Waals surface area contributed by atoms with Gasteiger partial charge in [-0.2, -0.15) is 8.78 Å². The zero-order chi connectivity index (χ0) is 10.8. The number of thiazole rings is 1. The van der Waals surface area contributed by atoms with Crippen LogP contribution in [0.1, 0.15) is 5.69 Å². The summed E-state index contributed by atoms with van der Waals surface area (Å²) < 4.78 is 25.7. The largest absolute Gasteiger partial charge is 0.477 e. The van der Waals surface area contributed by atoms with Crippen LogP contribution in [0.2, 0.25) is 0 Å². The average molecular weight is 239 g/mol. The Morgan fingerprint density at radius 3 is 2.86 bits per heavy atom. The molecule has 7 heteroatoms. The highest BCUT2D eigenvalue weighted by Crippen LogP contribution is 2.28. The number of thioether (sulfide) groups is 1. The van der Waals surface area contributed by atoms with Crippen molar-refractivity contribution in [2.24, 2.45) is 0 Å². The molecule has 14 heavy (non-hydrogen) atoms. The van der Waals surface area contributed by atoms with Crippen LogP contribution >= 0.6 is 23.1 Å². The molecule has 0 radical (unpaired) electrons. The van der Waals surface area contributed by atoms with E-state index in [4.69, 9.17) is 5.11 Å². The van der Waals surface area contributed by atoms with Gasteiger partial charge in [-0.15, -0.1) is 11.3 Å². The highest BCUT2D eigenvalue weighted by molar-refractivity contribution is 8.01. The normalized spacial score (nSPS) is 11.6. The third-order valence-electron chi connectivity index (χ3n) is 1.29. The molecule has 0 unspecified atom stereocenters. The molecule has 0 spiro atoms. The Hall–Kier alpha value is -0.690. The first-order valence-electron chi connectivity index (χ1n) is 3.58. The highest BCUT2D eigenvalue weighted by Gasteiger charge is 2.38. The number of halogens is 2. The van der Waals surface area contributed by atoms with E-state index in [2.05, 4.69) is 4.98 Å². The van der Waals surface area contributed by atoms with Crippen molar-refractivity contribution in [1.29, 1.82) is 0 Å². The van der Waals surface area contributed by atoms with Gasteiger partial charge in [0.2, 0.25) is 0 Å². The van der Waals surface area contributed by atoms with Crippen molar-refractivity contribution in [3.8, 4) is 0 Å². The smallest absolute Gasteiger partial charge is 0.375 e. The maximum Gasteiger partial charge on any atom is 0.375 e. The second-order valence-electron chi connectivity index (χ2n) is 2.55. The van der Waals surface area contributed by atoms with Gasteiger partial charge in [0.1, 0.15) is 4.34 Å². The van der Waals surface area contributed by atoms with E-state index < -0.39 is 17.6 Å². The molecule has 0 saturated carbocycles. The van der Waals surface area contributed by atoms with Crippen LogP contribution in [0.5, 0.6) is 0 Å². The summed E-state index contributed by atoms with van der Waals surface area (Å²) in [5, 5.41) is 9.87.